The normalized spacial score (nSPS) is 11.2. The summed E-state index contributed by atoms with van der Waals surface area (Å²) in [5.41, 5.74) is -1.01. The fourth-order valence-corrected chi connectivity index (χ4v) is 1.51. The highest BCUT2D eigenvalue weighted by atomic mass is 16.5. The second kappa shape index (κ2) is 8.41. The Bertz CT molecular complexity index is 540. The first kappa shape index (κ1) is 18.8. The van der Waals surface area contributed by atoms with Gasteiger partial charge in [-0.2, -0.15) is 0 Å². The van der Waals surface area contributed by atoms with Gasteiger partial charge in [-0.1, -0.05) is 19.9 Å². The van der Waals surface area contributed by atoms with E-state index in [2.05, 4.69) is 19.2 Å². The Morgan fingerprint density at radius 2 is 1.83 bits per heavy atom. The van der Waals surface area contributed by atoms with Crippen LogP contribution in [-0.2, 0) is 9.59 Å². The zero-order chi connectivity index (χ0) is 17.5. The highest BCUT2D eigenvalue weighted by Crippen LogP contribution is 2.20. The van der Waals surface area contributed by atoms with Crippen molar-refractivity contribution >= 4 is 11.9 Å². The van der Waals surface area contributed by atoms with Crippen molar-refractivity contribution in [2.24, 2.45) is 11.3 Å². The van der Waals surface area contributed by atoms with Crippen molar-refractivity contribution in [3.8, 4) is 11.5 Å². The summed E-state index contributed by atoms with van der Waals surface area (Å²) in [6.07, 6.45) is 0. The monoisotopic (exact) mass is 323 g/mol. The molecule has 1 rings (SSSR count). The second-order valence-corrected chi connectivity index (χ2v) is 6.43. The highest BCUT2D eigenvalue weighted by molar-refractivity contribution is 5.79. The summed E-state index contributed by atoms with van der Waals surface area (Å²) in [6, 6.07) is 7.06. The molecule has 6 nitrogen and oxygen atoms in total. The van der Waals surface area contributed by atoms with Crippen molar-refractivity contribution in [3.63, 3.8) is 0 Å². The van der Waals surface area contributed by atoms with Crippen LogP contribution in [0.3, 0.4) is 0 Å². The number of ether oxygens (including phenoxy) is 2. The van der Waals surface area contributed by atoms with Gasteiger partial charge in [-0.25, -0.2) is 0 Å². The Kier molecular flexibility index (Phi) is 6.88. The second-order valence-electron chi connectivity index (χ2n) is 6.43. The Hall–Kier alpha value is -2.24. The Morgan fingerprint density at radius 3 is 2.39 bits per heavy atom. The Morgan fingerprint density at radius 1 is 1.22 bits per heavy atom. The van der Waals surface area contributed by atoms with Crippen LogP contribution in [-0.4, -0.2) is 36.7 Å². The molecule has 0 saturated carbocycles. The Balaban J connectivity index is 2.44. The molecule has 0 atom stereocenters. The van der Waals surface area contributed by atoms with Gasteiger partial charge in [0.25, 0.3) is 5.91 Å². The summed E-state index contributed by atoms with van der Waals surface area (Å²) in [4.78, 5) is 22.7. The van der Waals surface area contributed by atoms with Gasteiger partial charge in [0, 0.05) is 12.6 Å². The fourth-order valence-electron chi connectivity index (χ4n) is 1.51. The van der Waals surface area contributed by atoms with Crippen LogP contribution >= 0.6 is 0 Å². The smallest absolute Gasteiger partial charge is 0.310 e. The van der Waals surface area contributed by atoms with E-state index in [1.807, 2.05) is 6.07 Å². The first-order valence-electron chi connectivity index (χ1n) is 7.56. The quantitative estimate of drug-likeness (QED) is 0.728. The molecular weight excluding hydrogens is 298 g/mol. The van der Waals surface area contributed by atoms with Crippen LogP contribution in [0.4, 0.5) is 0 Å². The van der Waals surface area contributed by atoms with E-state index in [1.54, 1.807) is 32.0 Å². The summed E-state index contributed by atoms with van der Waals surface area (Å²) < 4.78 is 11.0. The molecule has 0 aliphatic carbocycles. The zero-order valence-corrected chi connectivity index (χ0v) is 14.1. The molecule has 1 aromatic rings. The first-order valence-corrected chi connectivity index (χ1v) is 7.56. The fraction of sp³-hybridized carbons (Fsp3) is 0.529. The van der Waals surface area contributed by atoms with Crippen molar-refractivity contribution in [2.75, 3.05) is 19.8 Å². The Labute approximate surface area is 136 Å². The number of carboxylic acids is 1. The number of nitrogens with one attached hydrogen (secondary N) is 1. The van der Waals surface area contributed by atoms with Crippen LogP contribution in [0.1, 0.15) is 27.7 Å². The zero-order valence-electron chi connectivity index (χ0n) is 14.1. The number of carboxylic acid groups (broad SMARTS) is 1. The van der Waals surface area contributed by atoms with Gasteiger partial charge in [0.2, 0.25) is 0 Å². The van der Waals surface area contributed by atoms with E-state index in [4.69, 9.17) is 14.6 Å². The molecule has 2 N–H and O–H groups in total. The van der Waals surface area contributed by atoms with E-state index in [-0.39, 0.29) is 19.1 Å². The molecule has 0 fully saturated rings. The molecule has 0 radical (unpaired) electrons. The number of hydrogen-bond donors (Lipinski definition) is 2. The van der Waals surface area contributed by atoms with Crippen molar-refractivity contribution < 1.29 is 24.2 Å². The maximum absolute atomic E-state index is 11.7. The third-order valence-electron chi connectivity index (χ3n) is 3.07. The summed E-state index contributed by atoms with van der Waals surface area (Å²) in [6.45, 7) is 7.68. The van der Waals surface area contributed by atoms with Gasteiger partial charge in [0.1, 0.15) is 11.5 Å². The van der Waals surface area contributed by atoms with Crippen molar-refractivity contribution in [1.29, 1.82) is 0 Å². The minimum absolute atomic E-state index is 0.0437. The van der Waals surface area contributed by atoms with Gasteiger partial charge in [-0.15, -0.1) is 0 Å². The van der Waals surface area contributed by atoms with Gasteiger partial charge in [0.15, 0.2) is 6.61 Å². The molecule has 0 aromatic heterocycles. The highest BCUT2D eigenvalue weighted by Gasteiger charge is 2.27. The number of hydrogen-bond acceptors (Lipinski definition) is 4. The summed E-state index contributed by atoms with van der Waals surface area (Å²) in [7, 11) is 0. The molecule has 23 heavy (non-hydrogen) atoms. The summed E-state index contributed by atoms with van der Waals surface area (Å²) >= 11 is 0. The van der Waals surface area contributed by atoms with Crippen LogP contribution < -0.4 is 14.8 Å². The topological polar surface area (TPSA) is 84.9 Å². The molecule has 1 amide bonds. The number of carbonyl (C=O) groups excluding carboxylic acids is 1. The molecule has 0 spiro atoms. The molecule has 0 aliphatic rings. The number of carbonyl (C=O) groups is 2. The molecular formula is C17H25NO5. The minimum Gasteiger partial charge on any atom is -0.493 e. The van der Waals surface area contributed by atoms with E-state index < -0.39 is 11.4 Å². The van der Waals surface area contributed by atoms with Crippen LogP contribution in [0.2, 0.25) is 0 Å². The average Bonchev–Trinajstić information content (AvgIpc) is 2.49. The number of rotatable bonds is 9. The molecule has 0 aliphatic heterocycles. The molecule has 0 unspecified atom stereocenters. The number of benzene rings is 1. The van der Waals surface area contributed by atoms with Gasteiger partial charge < -0.3 is 19.9 Å². The number of amides is 1. The number of aliphatic carboxylic acids is 1. The molecule has 1 aromatic carbocycles. The average molecular weight is 323 g/mol. The van der Waals surface area contributed by atoms with E-state index >= 15 is 0 Å². The van der Waals surface area contributed by atoms with Gasteiger partial charge in [-0.3, -0.25) is 9.59 Å². The van der Waals surface area contributed by atoms with Crippen LogP contribution in [0.15, 0.2) is 24.3 Å². The van der Waals surface area contributed by atoms with E-state index in [9.17, 15) is 9.59 Å². The third-order valence-corrected chi connectivity index (χ3v) is 3.07. The molecule has 6 heteroatoms. The third kappa shape index (κ3) is 7.04. The van der Waals surface area contributed by atoms with Crippen LogP contribution in [0.5, 0.6) is 11.5 Å². The molecule has 0 saturated heterocycles. The summed E-state index contributed by atoms with van der Waals surface area (Å²) in [5, 5.41) is 11.5. The van der Waals surface area contributed by atoms with Crippen molar-refractivity contribution in [1.82, 2.24) is 5.32 Å². The largest absolute Gasteiger partial charge is 0.493 e. The van der Waals surface area contributed by atoms with Gasteiger partial charge in [-0.05, 0) is 31.9 Å². The standard InChI is InChI=1S/C17H25NO5/c1-12(2)9-22-13-6-5-7-14(8-13)23-10-15(19)18-11-17(3,4)16(20)21/h5-8,12H,9-11H2,1-4H3,(H,18,19)(H,20,21). The van der Waals surface area contributed by atoms with Crippen molar-refractivity contribution in [3.05, 3.63) is 24.3 Å². The van der Waals surface area contributed by atoms with Gasteiger partial charge >= 0.3 is 5.97 Å². The molecule has 0 bridgehead atoms. The SMILES string of the molecule is CC(C)COc1cccc(OCC(=O)NCC(C)(C)C(=O)O)c1. The van der Waals surface area contributed by atoms with Crippen LogP contribution in [0.25, 0.3) is 0 Å². The van der Waals surface area contributed by atoms with E-state index in [0.717, 1.165) is 0 Å². The van der Waals surface area contributed by atoms with E-state index in [1.165, 1.54) is 0 Å². The lowest BCUT2D eigenvalue weighted by Gasteiger charge is -2.19. The lowest BCUT2D eigenvalue weighted by Crippen LogP contribution is -2.40. The maximum Gasteiger partial charge on any atom is 0.310 e. The maximum atomic E-state index is 11.7. The van der Waals surface area contributed by atoms with Crippen LogP contribution in [0, 0.1) is 11.3 Å². The minimum atomic E-state index is -1.01. The first-order chi connectivity index (χ1) is 10.7. The van der Waals surface area contributed by atoms with Crippen molar-refractivity contribution in [2.45, 2.75) is 27.7 Å². The summed E-state index contributed by atoms with van der Waals surface area (Å²) in [5.74, 6) is 0.298. The predicted octanol–water partition coefficient (Wildman–Crippen LogP) is 2.33. The van der Waals surface area contributed by atoms with E-state index in [0.29, 0.717) is 24.0 Å². The molecule has 128 valence electrons. The molecule has 0 heterocycles. The van der Waals surface area contributed by atoms with Gasteiger partial charge in [0.05, 0.1) is 12.0 Å². The predicted molar refractivity (Wildman–Crippen MR) is 86.7 cm³/mol. The lowest BCUT2D eigenvalue weighted by molar-refractivity contribution is -0.146. The lowest BCUT2D eigenvalue weighted by atomic mass is 9.94.